The topological polar surface area (TPSA) is 12.0 Å². The molecule has 0 heterocycles. The van der Waals surface area contributed by atoms with Crippen LogP contribution in [0.4, 0.5) is 4.39 Å². The van der Waals surface area contributed by atoms with Crippen molar-refractivity contribution in [2.24, 2.45) is 0 Å². The van der Waals surface area contributed by atoms with E-state index >= 15 is 0 Å². The van der Waals surface area contributed by atoms with E-state index < -0.39 is 0 Å². The van der Waals surface area contributed by atoms with Crippen LogP contribution in [0.1, 0.15) is 12.5 Å². The van der Waals surface area contributed by atoms with Crippen LogP contribution in [0.3, 0.4) is 0 Å². The summed E-state index contributed by atoms with van der Waals surface area (Å²) in [6.07, 6.45) is 0.891. The number of likely N-dealkylation sites (N-methyl/N-ethyl adjacent to an activating group) is 1. The molecule has 0 amide bonds. The molecule has 21 heavy (non-hydrogen) atoms. The maximum atomic E-state index is 12.9. The van der Waals surface area contributed by atoms with Crippen LogP contribution in [0.15, 0.2) is 53.4 Å². The van der Waals surface area contributed by atoms with Crippen LogP contribution < -0.4 is 5.32 Å². The Morgan fingerprint density at radius 2 is 1.86 bits per heavy atom. The van der Waals surface area contributed by atoms with E-state index in [9.17, 15) is 4.39 Å². The number of hydrogen-bond donors (Lipinski definition) is 1. The summed E-state index contributed by atoms with van der Waals surface area (Å²) in [5.41, 5.74) is 1.16. The molecule has 0 saturated heterocycles. The van der Waals surface area contributed by atoms with Crippen LogP contribution in [0.5, 0.6) is 0 Å². The quantitative estimate of drug-likeness (QED) is 0.735. The third-order valence-corrected chi connectivity index (χ3v) is 4.73. The summed E-state index contributed by atoms with van der Waals surface area (Å²) < 4.78 is 12.9. The molecule has 4 heteroatoms. The molecule has 2 rings (SSSR count). The molecule has 1 nitrogen and oxygen atoms in total. The van der Waals surface area contributed by atoms with E-state index in [0.717, 1.165) is 34.2 Å². The van der Waals surface area contributed by atoms with E-state index in [1.54, 1.807) is 11.8 Å². The second kappa shape index (κ2) is 8.42. The normalized spacial score (nSPS) is 12.3. The van der Waals surface area contributed by atoms with Gasteiger partial charge in [0.15, 0.2) is 0 Å². The van der Waals surface area contributed by atoms with Crippen molar-refractivity contribution in [1.29, 1.82) is 0 Å². The first-order valence-corrected chi connectivity index (χ1v) is 8.40. The van der Waals surface area contributed by atoms with Crippen LogP contribution in [0, 0.1) is 5.82 Å². The van der Waals surface area contributed by atoms with Gasteiger partial charge in [0.05, 0.1) is 0 Å². The molecule has 1 atom stereocenters. The van der Waals surface area contributed by atoms with Gasteiger partial charge in [0, 0.05) is 21.7 Å². The average Bonchev–Trinajstić information content (AvgIpc) is 2.49. The van der Waals surface area contributed by atoms with Crippen LogP contribution in [0.25, 0.3) is 0 Å². The number of nitrogens with one attached hydrogen (secondary N) is 1. The van der Waals surface area contributed by atoms with Crippen LogP contribution in [-0.4, -0.2) is 18.3 Å². The highest BCUT2D eigenvalue weighted by atomic mass is 35.5. The molecule has 0 fully saturated rings. The van der Waals surface area contributed by atoms with Crippen molar-refractivity contribution in [3.05, 3.63) is 64.9 Å². The molecule has 112 valence electrons. The maximum Gasteiger partial charge on any atom is 0.123 e. The lowest BCUT2D eigenvalue weighted by atomic mass is 10.1. The second-order valence-corrected chi connectivity index (χ2v) is 6.32. The van der Waals surface area contributed by atoms with E-state index in [2.05, 4.69) is 18.3 Å². The molecular formula is C17H19ClFNS. The van der Waals surface area contributed by atoms with Crippen molar-refractivity contribution >= 4 is 23.4 Å². The summed E-state index contributed by atoms with van der Waals surface area (Å²) in [6.45, 7) is 3.02. The van der Waals surface area contributed by atoms with E-state index in [4.69, 9.17) is 11.6 Å². The number of hydrogen-bond acceptors (Lipinski definition) is 2. The van der Waals surface area contributed by atoms with Gasteiger partial charge in [0.1, 0.15) is 5.82 Å². The minimum atomic E-state index is -0.196. The second-order valence-electron chi connectivity index (χ2n) is 4.82. The van der Waals surface area contributed by atoms with E-state index in [0.29, 0.717) is 6.04 Å². The SMILES string of the molecule is CCNC(CSc1ccc(F)cc1)Cc1ccccc1Cl. The van der Waals surface area contributed by atoms with Gasteiger partial charge in [-0.25, -0.2) is 4.39 Å². The Hall–Kier alpha value is -1.03. The fourth-order valence-corrected chi connectivity index (χ4v) is 3.31. The lowest BCUT2D eigenvalue weighted by Gasteiger charge is -2.18. The summed E-state index contributed by atoms with van der Waals surface area (Å²) in [5.74, 6) is 0.726. The van der Waals surface area contributed by atoms with Gasteiger partial charge in [0.25, 0.3) is 0 Å². The smallest absolute Gasteiger partial charge is 0.123 e. The molecular weight excluding hydrogens is 305 g/mol. The zero-order valence-corrected chi connectivity index (χ0v) is 13.6. The predicted molar refractivity (Wildman–Crippen MR) is 89.7 cm³/mol. The first-order valence-electron chi connectivity index (χ1n) is 7.04. The summed E-state index contributed by atoms with van der Waals surface area (Å²) in [5, 5.41) is 4.30. The molecule has 0 aliphatic carbocycles. The zero-order chi connectivity index (χ0) is 15.1. The molecule has 2 aromatic rings. The highest BCUT2D eigenvalue weighted by Gasteiger charge is 2.11. The minimum Gasteiger partial charge on any atom is -0.313 e. The molecule has 0 aliphatic rings. The molecule has 0 aliphatic heterocycles. The number of halogens is 2. The summed E-state index contributed by atoms with van der Waals surface area (Å²) in [6, 6.07) is 14.9. The highest BCUT2D eigenvalue weighted by molar-refractivity contribution is 7.99. The third kappa shape index (κ3) is 5.34. The molecule has 0 saturated carbocycles. The van der Waals surface area contributed by atoms with Gasteiger partial charge in [-0.2, -0.15) is 0 Å². The van der Waals surface area contributed by atoms with Gasteiger partial charge in [-0.15, -0.1) is 11.8 Å². The Morgan fingerprint density at radius 1 is 1.14 bits per heavy atom. The van der Waals surface area contributed by atoms with Crippen molar-refractivity contribution in [2.75, 3.05) is 12.3 Å². The Kier molecular flexibility index (Phi) is 6.55. The van der Waals surface area contributed by atoms with Crippen LogP contribution in [-0.2, 0) is 6.42 Å². The van der Waals surface area contributed by atoms with Crippen molar-refractivity contribution in [2.45, 2.75) is 24.3 Å². The number of thioether (sulfide) groups is 1. The standard InChI is InChI=1S/C17H19ClFNS/c1-2-20-15(11-13-5-3-4-6-17(13)18)12-21-16-9-7-14(19)8-10-16/h3-10,15,20H,2,11-12H2,1H3. The molecule has 0 spiro atoms. The van der Waals surface area contributed by atoms with Crippen molar-refractivity contribution in [1.82, 2.24) is 5.32 Å². The van der Waals surface area contributed by atoms with Crippen molar-refractivity contribution < 1.29 is 4.39 Å². The lowest BCUT2D eigenvalue weighted by Crippen LogP contribution is -2.33. The number of rotatable bonds is 7. The van der Waals surface area contributed by atoms with E-state index in [1.165, 1.54) is 12.1 Å². The summed E-state index contributed by atoms with van der Waals surface area (Å²) >= 11 is 7.96. The van der Waals surface area contributed by atoms with E-state index in [-0.39, 0.29) is 5.82 Å². The van der Waals surface area contributed by atoms with Gasteiger partial charge in [-0.3, -0.25) is 0 Å². The number of benzene rings is 2. The first kappa shape index (κ1) is 16.3. The zero-order valence-electron chi connectivity index (χ0n) is 12.0. The van der Waals surface area contributed by atoms with Crippen LogP contribution >= 0.6 is 23.4 Å². The average molecular weight is 324 g/mol. The fourth-order valence-electron chi connectivity index (χ4n) is 2.14. The van der Waals surface area contributed by atoms with Gasteiger partial charge in [-0.1, -0.05) is 36.7 Å². The van der Waals surface area contributed by atoms with Gasteiger partial charge >= 0.3 is 0 Å². The van der Waals surface area contributed by atoms with Crippen LogP contribution in [0.2, 0.25) is 5.02 Å². The highest BCUT2D eigenvalue weighted by Crippen LogP contribution is 2.22. The predicted octanol–water partition coefficient (Wildman–Crippen LogP) is 4.79. The molecule has 0 radical (unpaired) electrons. The Balaban J connectivity index is 1.95. The van der Waals surface area contributed by atoms with Crippen molar-refractivity contribution in [3.8, 4) is 0 Å². The van der Waals surface area contributed by atoms with Gasteiger partial charge < -0.3 is 5.32 Å². The maximum absolute atomic E-state index is 12.9. The first-order chi connectivity index (χ1) is 10.2. The minimum absolute atomic E-state index is 0.196. The molecule has 2 aromatic carbocycles. The summed E-state index contributed by atoms with van der Waals surface area (Å²) in [7, 11) is 0. The summed E-state index contributed by atoms with van der Waals surface area (Å²) in [4.78, 5) is 1.08. The Labute approximate surface area is 134 Å². The van der Waals surface area contributed by atoms with E-state index in [1.807, 2.05) is 30.3 Å². The molecule has 1 N–H and O–H groups in total. The molecule has 1 unspecified atom stereocenters. The van der Waals surface area contributed by atoms with Gasteiger partial charge in [-0.05, 0) is 48.9 Å². The van der Waals surface area contributed by atoms with Crippen molar-refractivity contribution in [3.63, 3.8) is 0 Å². The van der Waals surface area contributed by atoms with Gasteiger partial charge in [0.2, 0.25) is 0 Å². The third-order valence-electron chi connectivity index (χ3n) is 3.18. The lowest BCUT2D eigenvalue weighted by molar-refractivity contribution is 0.572. The molecule has 0 aromatic heterocycles. The largest absolute Gasteiger partial charge is 0.313 e. The molecule has 0 bridgehead atoms. The Bertz CT molecular complexity index is 559. The fraction of sp³-hybridized carbons (Fsp3) is 0.294. The monoisotopic (exact) mass is 323 g/mol. The Morgan fingerprint density at radius 3 is 2.52 bits per heavy atom.